The standard InChI is InChI=1S/H3O4P.2O.V.Y/c1-5(2,3)4;;;;/h(H3,1,2,3,4);;;;. The molecular formula is H3O6PVY. The Morgan fingerprint density at radius 2 is 1.11 bits per heavy atom. The number of phosphoric acid groups is 1. The molecule has 0 spiro atoms. The van der Waals surface area contributed by atoms with E-state index in [-0.39, 0.29) is 32.7 Å². The van der Waals surface area contributed by atoms with Crippen LogP contribution in [-0.2, 0) is 60.8 Å². The molecular weight excluding hydrogens is 267 g/mol. The third kappa shape index (κ3) is 263. The smallest absolute Gasteiger partial charge is 0 e. The molecule has 0 aromatic heterocycles. The Morgan fingerprint density at radius 3 is 1.11 bits per heavy atom. The zero-order chi connectivity index (χ0) is 7.21. The van der Waals surface area contributed by atoms with Gasteiger partial charge in [0.25, 0.3) is 0 Å². The number of hydrogen-bond acceptors (Lipinski definition) is 3. The van der Waals surface area contributed by atoms with E-state index in [0.717, 1.165) is 0 Å². The quantitative estimate of drug-likeness (QED) is 0.478. The van der Waals surface area contributed by atoms with Crippen molar-refractivity contribution in [1.29, 1.82) is 0 Å². The van der Waals surface area contributed by atoms with Crippen LogP contribution in [0.1, 0.15) is 0 Å². The molecule has 52 valence electrons. The molecule has 9 heteroatoms. The van der Waals surface area contributed by atoms with Crippen LogP contribution in [0.25, 0.3) is 0 Å². The largest absolute Gasteiger partial charge is 0 e. The molecule has 0 atom stereocenters. The Hall–Kier alpha value is 1.40. The predicted molar refractivity (Wildman–Crippen MR) is 15.6 cm³/mol. The molecule has 0 aliphatic rings. The monoisotopic (exact) mass is 270 g/mol. The minimum Gasteiger partial charge on any atom is 0 e. The summed E-state index contributed by atoms with van der Waals surface area (Å²) < 4.78 is 25.8. The Morgan fingerprint density at radius 1 is 1.11 bits per heavy atom. The van der Waals surface area contributed by atoms with Crippen molar-refractivity contribution >= 4 is 7.82 Å². The van der Waals surface area contributed by atoms with E-state index in [1.165, 1.54) is 0 Å². The molecule has 0 saturated heterocycles. The number of rotatable bonds is 0. The minimum absolute atomic E-state index is 0. The molecule has 0 aromatic rings. The van der Waals surface area contributed by atoms with Gasteiger partial charge in [0.05, 0.1) is 0 Å². The summed E-state index contributed by atoms with van der Waals surface area (Å²) in [5, 5.41) is 0. The fourth-order valence-electron chi connectivity index (χ4n) is 0. The maximum atomic E-state index is 8.88. The van der Waals surface area contributed by atoms with Gasteiger partial charge in [-0.25, -0.2) is 4.57 Å². The van der Waals surface area contributed by atoms with Crippen LogP contribution in [-0.4, -0.2) is 14.7 Å². The Bertz CT molecular complexity index is 111. The van der Waals surface area contributed by atoms with E-state index in [0.29, 0.717) is 0 Å². The van der Waals surface area contributed by atoms with Crippen molar-refractivity contribution in [3.05, 3.63) is 0 Å². The van der Waals surface area contributed by atoms with E-state index in [2.05, 4.69) is 0 Å². The van der Waals surface area contributed by atoms with Gasteiger partial charge >= 0.3 is 31.4 Å². The van der Waals surface area contributed by atoms with E-state index >= 15 is 0 Å². The van der Waals surface area contributed by atoms with Crippen molar-refractivity contribution in [2.24, 2.45) is 0 Å². The second kappa shape index (κ2) is 9.40. The average Bonchev–Trinajstić information content (AvgIpc) is 1.27. The SMILES string of the molecule is O=P(O)(O)O.[O]=[V]=[O].[Y]. The third-order valence-corrected chi connectivity index (χ3v) is 0. The number of hydrogen-bond donors (Lipinski definition) is 3. The molecule has 0 amide bonds. The van der Waals surface area contributed by atoms with Crippen LogP contribution >= 0.6 is 7.82 Å². The zero-order valence-electron chi connectivity index (χ0n) is 4.04. The van der Waals surface area contributed by atoms with E-state index in [9.17, 15) is 0 Å². The Balaban J connectivity index is -0.0000000800. The summed E-state index contributed by atoms with van der Waals surface area (Å²) in [6, 6.07) is 0. The van der Waals surface area contributed by atoms with E-state index < -0.39 is 24.0 Å². The Kier molecular flexibility index (Phi) is 17.5. The van der Waals surface area contributed by atoms with Gasteiger partial charge in [0.2, 0.25) is 0 Å². The first kappa shape index (κ1) is 16.8. The van der Waals surface area contributed by atoms with Gasteiger partial charge in [-0.05, 0) is 0 Å². The summed E-state index contributed by atoms with van der Waals surface area (Å²) in [7, 11) is -4.64. The normalized spacial score (nSPS) is 7.44. The topological polar surface area (TPSA) is 112 Å². The zero-order valence-corrected chi connectivity index (χ0v) is 9.17. The summed E-state index contributed by atoms with van der Waals surface area (Å²) >= 11 is -1.81. The van der Waals surface area contributed by atoms with Gasteiger partial charge in [-0.3, -0.25) is 0 Å². The van der Waals surface area contributed by atoms with E-state index in [1.54, 1.807) is 0 Å². The molecule has 0 rings (SSSR count). The van der Waals surface area contributed by atoms with Crippen molar-refractivity contribution in [3.63, 3.8) is 0 Å². The summed E-state index contributed by atoms with van der Waals surface area (Å²) in [6.07, 6.45) is 0. The second-order valence-corrected chi connectivity index (χ2v) is 1.85. The van der Waals surface area contributed by atoms with Crippen molar-refractivity contribution in [2.75, 3.05) is 0 Å². The molecule has 0 aliphatic heterocycles. The van der Waals surface area contributed by atoms with Crippen LogP contribution in [0.3, 0.4) is 0 Å². The van der Waals surface area contributed by atoms with Crippen molar-refractivity contribution in [2.45, 2.75) is 0 Å². The summed E-state index contributed by atoms with van der Waals surface area (Å²) in [5.74, 6) is 0. The first-order chi connectivity index (χ1) is 3.41. The van der Waals surface area contributed by atoms with Crippen LogP contribution in [0.2, 0.25) is 0 Å². The fourth-order valence-corrected chi connectivity index (χ4v) is 0. The second-order valence-electron chi connectivity index (χ2n) is 0.588. The molecule has 0 aromatic carbocycles. The van der Waals surface area contributed by atoms with Crippen LogP contribution in [0.4, 0.5) is 0 Å². The average molecular weight is 270 g/mol. The molecule has 0 fully saturated rings. The van der Waals surface area contributed by atoms with Gasteiger partial charge in [0.15, 0.2) is 0 Å². The van der Waals surface area contributed by atoms with Crippen molar-refractivity contribution < 1.29 is 75.5 Å². The van der Waals surface area contributed by atoms with Crippen LogP contribution in [0.15, 0.2) is 0 Å². The maximum Gasteiger partial charge on any atom is 0 e. The van der Waals surface area contributed by atoms with Gasteiger partial charge in [0, 0.05) is 32.7 Å². The van der Waals surface area contributed by atoms with Gasteiger partial charge in [0.1, 0.15) is 0 Å². The molecule has 0 heterocycles. The van der Waals surface area contributed by atoms with Gasteiger partial charge in [-0.1, -0.05) is 0 Å². The van der Waals surface area contributed by atoms with Crippen LogP contribution in [0, 0.1) is 0 Å². The molecule has 0 unspecified atom stereocenters. The first-order valence-electron chi connectivity index (χ1n) is 1.15. The van der Waals surface area contributed by atoms with Crippen LogP contribution in [0.5, 0.6) is 0 Å². The van der Waals surface area contributed by atoms with Crippen molar-refractivity contribution in [3.8, 4) is 0 Å². The summed E-state index contributed by atoms with van der Waals surface area (Å²) in [5.41, 5.74) is 0. The van der Waals surface area contributed by atoms with E-state index in [4.69, 9.17) is 26.6 Å². The molecule has 0 aliphatic carbocycles. The molecule has 6 nitrogen and oxygen atoms in total. The molecule has 0 saturated carbocycles. The minimum atomic E-state index is -4.64. The molecule has 1 radical (unpaired) electrons. The molecule has 0 bridgehead atoms. The van der Waals surface area contributed by atoms with E-state index in [1.807, 2.05) is 0 Å². The first-order valence-corrected chi connectivity index (χ1v) is 3.85. The van der Waals surface area contributed by atoms with Crippen LogP contribution < -0.4 is 0 Å². The summed E-state index contributed by atoms with van der Waals surface area (Å²) in [4.78, 5) is 21.6. The van der Waals surface area contributed by atoms with Gasteiger partial charge in [-0.2, -0.15) is 0 Å². The maximum absolute atomic E-state index is 8.88. The van der Waals surface area contributed by atoms with Gasteiger partial charge < -0.3 is 14.7 Å². The van der Waals surface area contributed by atoms with Crippen molar-refractivity contribution in [1.82, 2.24) is 0 Å². The summed E-state index contributed by atoms with van der Waals surface area (Å²) in [6.45, 7) is 0. The molecule has 9 heavy (non-hydrogen) atoms. The molecule has 3 N–H and O–H groups in total. The fraction of sp³-hybridized carbons (Fsp3) is 0. The van der Waals surface area contributed by atoms with Gasteiger partial charge in [-0.15, -0.1) is 0 Å². The predicted octanol–water partition coefficient (Wildman–Crippen LogP) is -1.17. The Labute approximate surface area is 82.7 Å². The third-order valence-electron chi connectivity index (χ3n) is 0.